The highest BCUT2D eigenvalue weighted by molar-refractivity contribution is 7.99. The predicted octanol–water partition coefficient (Wildman–Crippen LogP) is 4.68. The zero-order valence-corrected chi connectivity index (χ0v) is 18.3. The summed E-state index contributed by atoms with van der Waals surface area (Å²) in [7, 11) is 1.63. The molecule has 0 aliphatic heterocycles. The van der Waals surface area contributed by atoms with Crippen molar-refractivity contribution < 1.29 is 9.53 Å². The summed E-state index contributed by atoms with van der Waals surface area (Å²) in [6.07, 6.45) is 0.676. The molecular formula is C22H23ClN2O3S. The highest BCUT2D eigenvalue weighted by Gasteiger charge is 2.15. The van der Waals surface area contributed by atoms with E-state index in [0.717, 1.165) is 11.1 Å². The molecule has 3 aromatic rings. The molecule has 0 saturated heterocycles. The number of methoxy groups -OCH3 is 1. The van der Waals surface area contributed by atoms with E-state index in [9.17, 15) is 9.59 Å². The number of rotatable bonds is 8. The van der Waals surface area contributed by atoms with Crippen LogP contribution < -0.4 is 5.56 Å². The van der Waals surface area contributed by atoms with Crippen LogP contribution in [0, 0.1) is 13.8 Å². The Morgan fingerprint density at radius 1 is 1.21 bits per heavy atom. The van der Waals surface area contributed by atoms with Crippen LogP contribution in [0.5, 0.6) is 0 Å². The van der Waals surface area contributed by atoms with Crippen LogP contribution in [0.25, 0.3) is 10.9 Å². The van der Waals surface area contributed by atoms with Gasteiger partial charge in [-0.2, -0.15) is 0 Å². The van der Waals surface area contributed by atoms with E-state index in [-0.39, 0.29) is 17.1 Å². The fraction of sp³-hybridized carbons (Fsp3) is 0.318. The number of carbonyl (C=O) groups is 1. The maximum absolute atomic E-state index is 13.0. The Balaban J connectivity index is 1.92. The van der Waals surface area contributed by atoms with E-state index in [1.165, 1.54) is 11.8 Å². The van der Waals surface area contributed by atoms with Gasteiger partial charge in [-0.25, -0.2) is 4.98 Å². The van der Waals surface area contributed by atoms with Crippen molar-refractivity contribution in [2.75, 3.05) is 19.5 Å². The molecule has 1 heterocycles. The quantitative estimate of drug-likeness (QED) is 0.225. The van der Waals surface area contributed by atoms with Gasteiger partial charge in [-0.05, 0) is 44.0 Å². The van der Waals surface area contributed by atoms with E-state index in [4.69, 9.17) is 16.3 Å². The summed E-state index contributed by atoms with van der Waals surface area (Å²) in [5.74, 6) is 0.212. The average molecular weight is 431 g/mol. The summed E-state index contributed by atoms with van der Waals surface area (Å²) in [4.78, 5) is 30.4. The van der Waals surface area contributed by atoms with E-state index in [0.29, 0.717) is 46.2 Å². The first kappa shape index (κ1) is 21.6. The third-order valence-electron chi connectivity index (χ3n) is 4.63. The van der Waals surface area contributed by atoms with Gasteiger partial charge in [0.15, 0.2) is 10.9 Å². The minimum atomic E-state index is -0.135. The maximum atomic E-state index is 13.0. The molecule has 5 nitrogen and oxygen atoms in total. The van der Waals surface area contributed by atoms with Gasteiger partial charge < -0.3 is 4.74 Å². The summed E-state index contributed by atoms with van der Waals surface area (Å²) in [5, 5.41) is 1.54. The number of hydrogen-bond donors (Lipinski definition) is 0. The van der Waals surface area contributed by atoms with Gasteiger partial charge >= 0.3 is 0 Å². The lowest BCUT2D eigenvalue weighted by atomic mass is 10.0. The van der Waals surface area contributed by atoms with Gasteiger partial charge in [0.05, 0.1) is 16.7 Å². The fourth-order valence-corrected chi connectivity index (χ4v) is 4.26. The number of Topliss-reactive ketones (excluding diaryl/α,β-unsaturated/α-hetero) is 1. The lowest BCUT2D eigenvalue weighted by Gasteiger charge is -2.13. The van der Waals surface area contributed by atoms with Crippen LogP contribution in [0.15, 0.2) is 46.3 Å². The summed E-state index contributed by atoms with van der Waals surface area (Å²) in [6, 6.07) is 10.8. The molecule has 0 fully saturated rings. The molecular weight excluding hydrogens is 408 g/mol. The second-order valence-electron chi connectivity index (χ2n) is 6.89. The molecule has 0 N–H and O–H groups in total. The average Bonchev–Trinajstić information content (AvgIpc) is 2.68. The Morgan fingerprint density at radius 2 is 2.00 bits per heavy atom. The van der Waals surface area contributed by atoms with Crippen LogP contribution in [-0.4, -0.2) is 34.8 Å². The zero-order valence-electron chi connectivity index (χ0n) is 16.7. The SMILES string of the molecule is COCCCn1c(SCC(=O)c2ccc(C)cc2C)nc2cc(Cl)ccc2c1=O. The van der Waals surface area contributed by atoms with Crippen LogP contribution in [0.4, 0.5) is 0 Å². The van der Waals surface area contributed by atoms with Crippen LogP contribution in [0.1, 0.15) is 27.9 Å². The molecule has 3 rings (SSSR count). The minimum absolute atomic E-state index is 0.0105. The molecule has 0 unspecified atom stereocenters. The highest BCUT2D eigenvalue weighted by Crippen LogP contribution is 2.22. The Labute approximate surface area is 179 Å². The molecule has 7 heteroatoms. The number of carbonyl (C=O) groups excluding carboxylic acids is 1. The summed E-state index contributed by atoms with van der Waals surface area (Å²) < 4.78 is 6.73. The summed E-state index contributed by atoms with van der Waals surface area (Å²) in [5.41, 5.74) is 3.16. The Morgan fingerprint density at radius 3 is 2.72 bits per heavy atom. The van der Waals surface area contributed by atoms with E-state index in [2.05, 4.69) is 4.98 Å². The third kappa shape index (κ3) is 5.07. The largest absolute Gasteiger partial charge is 0.385 e. The van der Waals surface area contributed by atoms with Gasteiger partial charge in [0.2, 0.25) is 0 Å². The minimum Gasteiger partial charge on any atom is -0.385 e. The number of nitrogens with zero attached hydrogens (tertiary/aromatic N) is 2. The van der Waals surface area contributed by atoms with Gasteiger partial charge in [-0.1, -0.05) is 47.1 Å². The molecule has 0 bridgehead atoms. The van der Waals surface area contributed by atoms with Crippen LogP contribution in [0.2, 0.25) is 5.02 Å². The number of ether oxygens (including phenoxy) is 1. The van der Waals surface area contributed by atoms with E-state index in [1.54, 1.807) is 29.9 Å². The third-order valence-corrected chi connectivity index (χ3v) is 5.84. The first-order valence-electron chi connectivity index (χ1n) is 9.33. The number of ketones is 1. The zero-order chi connectivity index (χ0) is 21.0. The smallest absolute Gasteiger partial charge is 0.262 e. The van der Waals surface area contributed by atoms with Gasteiger partial charge in [0, 0.05) is 30.8 Å². The first-order valence-corrected chi connectivity index (χ1v) is 10.7. The molecule has 2 aromatic carbocycles. The van der Waals surface area contributed by atoms with Crippen molar-refractivity contribution in [3.63, 3.8) is 0 Å². The molecule has 29 heavy (non-hydrogen) atoms. The molecule has 0 saturated carbocycles. The van der Waals surface area contributed by atoms with Crippen molar-refractivity contribution >= 4 is 40.0 Å². The number of halogens is 1. The normalized spacial score (nSPS) is 11.2. The second-order valence-corrected chi connectivity index (χ2v) is 8.27. The molecule has 0 spiro atoms. The van der Waals surface area contributed by atoms with Gasteiger partial charge in [-0.15, -0.1) is 0 Å². The number of fused-ring (bicyclic) bond motifs is 1. The van der Waals surface area contributed by atoms with Crippen LogP contribution >= 0.6 is 23.4 Å². The topological polar surface area (TPSA) is 61.2 Å². The van der Waals surface area contributed by atoms with Crippen molar-refractivity contribution in [1.82, 2.24) is 9.55 Å². The maximum Gasteiger partial charge on any atom is 0.262 e. The van der Waals surface area contributed by atoms with Gasteiger partial charge in [0.1, 0.15) is 0 Å². The first-order chi connectivity index (χ1) is 13.9. The molecule has 0 amide bonds. The van der Waals surface area contributed by atoms with Crippen molar-refractivity contribution in [2.24, 2.45) is 0 Å². The number of hydrogen-bond acceptors (Lipinski definition) is 5. The monoisotopic (exact) mass is 430 g/mol. The molecule has 152 valence electrons. The summed E-state index contributed by atoms with van der Waals surface area (Å²) >= 11 is 7.35. The Bertz CT molecular complexity index is 1110. The fourth-order valence-electron chi connectivity index (χ4n) is 3.18. The molecule has 0 aliphatic rings. The second kappa shape index (κ2) is 9.57. The molecule has 0 atom stereocenters. The summed E-state index contributed by atoms with van der Waals surface area (Å²) in [6.45, 7) is 4.94. The molecule has 0 radical (unpaired) electrons. The van der Waals surface area contributed by atoms with E-state index < -0.39 is 0 Å². The van der Waals surface area contributed by atoms with E-state index >= 15 is 0 Å². The number of benzene rings is 2. The molecule has 0 aliphatic carbocycles. The van der Waals surface area contributed by atoms with Crippen LogP contribution in [-0.2, 0) is 11.3 Å². The molecule has 1 aromatic heterocycles. The Hall–Kier alpha value is -2.15. The number of aromatic nitrogens is 2. The lowest BCUT2D eigenvalue weighted by molar-refractivity contribution is 0.102. The Kier molecular flexibility index (Phi) is 7.11. The standard InChI is InChI=1S/C22H23ClN2O3S/c1-14-5-7-17(15(2)11-14)20(26)13-29-22-24-19-12-16(23)6-8-18(19)21(27)25(22)9-4-10-28-3/h5-8,11-12H,4,9-10,13H2,1-3H3. The number of aryl methyl sites for hydroxylation is 2. The van der Waals surface area contributed by atoms with Gasteiger partial charge in [-0.3, -0.25) is 14.2 Å². The van der Waals surface area contributed by atoms with Crippen molar-refractivity contribution in [1.29, 1.82) is 0 Å². The van der Waals surface area contributed by atoms with Crippen LogP contribution in [0.3, 0.4) is 0 Å². The van der Waals surface area contributed by atoms with Crippen molar-refractivity contribution in [2.45, 2.75) is 32.0 Å². The van der Waals surface area contributed by atoms with E-state index in [1.807, 2.05) is 32.0 Å². The van der Waals surface area contributed by atoms with Crippen molar-refractivity contribution in [3.8, 4) is 0 Å². The number of thioether (sulfide) groups is 1. The lowest BCUT2D eigenvalue weighted by Crippen LogP contribution is -2.24. The van der Waals surface area contributed by atoms with Crippen molar-refractivity contribution in [3.05, 3.63) is 68.5 Å². The van der Waals surface area contributed by atoms with Gasteiger partial charge in [0.25, 0.3) is 5.56 Å². The predicted molar refractivity (Wildman–Crippen MR) is 118 cm³/mol. The highest BCUT2D eigenvalue weighted by atomic mass is 35.5.